The first kappa shape index (κ1) is 18.7. The van der Waals surface area contributed by atoms with Crippen LogP contribution in [-0.2, 0) is 9.59 Å². The van der Waals surface area contributed by atoms with Crippen LogP contribution in [0, 0.1) is 5.92 Å². The van der Waals surface area contributed by atoms with Crippen molar-refractivity contribution in [3.8, 4) is 0 Å². The number of hydrogen-bond acceptors (Lipinski definition) is 2. The third kappa shape index (κ3) is 10.4. The van der Waals surface area contributed by atoms with Crippen molar-refractivity contribution in [2.24, 2.45) is 5.92 Å². The Morgan fingerprint density at radius 1 is 0.955 bits per heavy atom. The number of unbranched alkanes of at least 4 members (excludes halogenated alkanes) is 5. The van der Waals surface area contributed by atoms with Crippen LogP contribution in [0.5, 0.6) is 0 Å². The fourth-order valence-electron chi connectivity index (χ4n) is 2.93. The van der Waals surface area contributed by atoms with Gasteiger partial charge in [0, 0.05) is 13.0 Å². The van der Waals surface area contributed by atoms with Gasteiger partial charge in [-0.25, -0.2) is 0 Å². The van der Waals surface area contributed by atoms with Gasteiger partial charge >= 0.3 is 5.97 Å². The van der Waals surface area contributed by atoms with E-state index in [0.29, 0.717) is 5.92 Å². The third-order valence-electron chi connectivity index (χ3n) is 4.29. The average molecular weight is 309 g/mol. The average Bonchev–Trinajstić information content (AvgIpc) is 2.52. The van der Waals surface area contributed by atoms with E-state index in [1.165, 1.54) is 32.1 Å². The molecule has 4 heteroatoms. The van der Waals surface area contributed by atoms with E-state index in [1.807, 2.05) is 0 Å². The smallest absolute Gasteiger partial charge is 0.303 e. The zero-order valence-electron chi connectivity index (χ0n) is 13.7. The monoisotopic (exact) mass is 309 g/mol. The van der Waals surface area contributed by atoms with E-state index in [0.717, 1.165) is 45.1 Å². The molecule has 22 heavy (non-hydrogen) atoms. The summed E-state index contributed by atoms with van der Waals surface area (Å²) < 4.78 is 0. The minimum Gasteiger partial charge on any atom is -0.481 e. The van der Waals surface area contributed by atoms with Crippen LogP contribution in [0.25, 0.3) is 0 Å². The molecule has 1 aliphatic rings. The summed E-state index contributed by atoms with van der Waals surface area (Å²) in [4.78, 5) is 22.0. The second kappa shape index (κ2) is 12.2. The molecule has 0 aromatic carbocycles. The van der Waals surface area contributed by atoms with Gasteiger partial charge in [0.15, 0.2) is 0 Å². The number of aliphatic carboxylic acids is 1. The minimum atomic E-state index is -0.705. The molecule has 0 radical (unpaired) electrons. The molecule has 0 spiro atoms. The second-order valence-electron chi connectivity index (χ2n) is 6.31. The fraction of sp³-hybridized carbons (Fsp3) is 0.778. The standard InChI is InChI=1S/C18H31NO3/c20-17(14-13-16-10-6-5-7-11-16)19-15-9-4-2-1-3-8-12-18(21)22/h13-14,16H,1-12,15H2,(H,19,20)(H,21,22)/b14-13+. The van der Waals surface area contributed by atoms with Crippen LogP contribution < -0.4 is 5.32 Å². The highest BCUT2D eigenvalue weighted by Gasteiger charge is 2.10. The molecule has 0 heterocycles. The number of nitrogens with one attached hydrogen (secondary N) is 1. The molecular formula is C18H31NO3. The quantitative estimate of drug-likeness (QED) is 0.447. The SMILES string of the molecule is O=C(O)CCCCCCCCNC(=O)/C=C/C1CCCCC1. The van der Waals surface area contributed by atoms with E-state index in [-0.39, 0.29) is 12.3 Å². The Kier molecular flexibility index (Phi) is 10.4. The summed E-state index contributed by atoms with van der Waals surface area (Å²) in [7, 11) is 0. The molecule has 1 amide bonds. The van der Waals surface area contributed by atoms with Gasteiger partial charge in [-0.2, -0.15) is 0 Å². The molecule has 2 N–H and O–H groups in total. The van der Waals surface area contributed by atoms with Crippen LogP contribution in [0.2, 0.25) is 0 Å². The summed E-state index contributed by atoms with van der Waals surface area (Å²) >= 11 is 0. The molecule has 0 aromatic rings. The number of carbonyl (C=O) groups is 2. The molecule has 0 bridgehead atoms. The van der Waals surface area contributed by atoms with Gasteiger partial charge in [-0.15, -0.1) is 0 Å². The molecule has 1 rings (SSSR count). The van der Waals surface area contributed by atoms with E-state index in [1.54, 1.807) is 6.08 Å². The van der Waals surface area contributed by atoms with Gasteiger partial charge < -0.3 is 10.4 Å². The normalized spacial score (nSPS) is 16.0. The van der Waals surface area contributed by atoms with E-state index in [2.05, 4.69) is 11.4 Å². The number of hydrogen-bond donors (Lipinski definition) is 2. The van der Waals surface area contributed by atoms with Gasteiger partial charge in [-0.1, -0.05) is 51.0 Å². The molecule has 126 valence electrons. The summed E-state index contributed by atoms with van der Waals surface area (Å²) in [6.07, 6.45) is 16.5. The van der Waals surface area contributed by atoms with Gasteiger partial charge in [-0.05, 0) is 37.7 Å². The zero-order chi connectivity index (χ0) is 16.0. The number of carbonyl (C=O) groups excluding carboxylic acids is 1. The molecule has 0 saturated heterocycles. The molecule has 4 nitrogen and oxygen atoms in total. The minimum absolute atomic E-state index is 0.0343. The lowest BCUT2D eigenvalue weighted by atomic mass is 9.89. The topological polar surface area (TPSA) is 66.4 Å². The Hall–Kier alpha value is -1.32. The van der Waals surface area contributed by atoms with Gasteiger partial charge in [0.2, 0.25) is 5.91 Å². The second-order valence-corrected chi connectivity index (χ2v) is 6.31. The van der Waals surface area contributed by atoms with Crippen LogP contribution in [0.15, 0.2) is 12.2 Å². The van der Waals surface area contributed by atoms with E-state index < -0.39 is 5.97 Å². The fourth-order valence-corrected chi connectivity index (χ4v) is 2.93. The highest BCUT2D eigenvalue weighted by atomic mass is 16.4. The molecular weight excluding hydrogens is 278 g/mol. The highest BCUT2D eigenvalue weighted by molar-refractivity contribution is 5.87. The summed E-state index contributed by atoms with van der Waals surface area (Å²) in [6.45, 7) is 0.739. The van der Waals surface area contributed by atoms with E-state index >= 15 is 0 Å². The van der Waals surface area contributed by atoms with Gasteiger partial charge in [0.05, 0.1) is 0 Å². The number of amides is 1. The lowest BCUT2D eigenvalue weighted by molar-refractivity contribution is -0.137. The van der Waals surface area contributed by atoms with E-state index in [4.69, 9.17) is 5.11 Å². The largest absolute Gasteiger partial charge is 0.481 e. The number of rotatable bonds is 11. The summed E-state index contributed by atoms with van der Waals surface area (Å²) in [6, 6.07) is 0. The van der Waals surface area contributed by atoms with Crippen LogP contribution in [0.3, 0.4) is 0 Å². The van der Waals surface area contributed by atoms with Crippen LogP contribution >= 0.6 is 0 Å². The van der Waals surface area contributed by atoms with Gasteiger partial charge in [0.1, 0.15) is 0 Å². The van der Waals surface area contributed by atoms with Crippen molar-refractivity contribution in [2.75, 3.05) is 6.54 Å². The summed E-state index contributed by atoms with van der Waals surface area (Å²) in [5.74, 6) is -0.0682. The van der Waals surface area contributed by atoms with Crippen molar-refractivity contribution >= 4 is 11.9 Å². The molecule has 1 fully saturated rings. The first-order valence-electron chi connectivity index (χ1n) is 8.86. The molecule has 1 saturated carbocycles. The Bertz CT molecular complexity index is 346. The maximum Gasteiger partial charge on any atom is 0.303 e. The molecule has 0 aliphatic heterocycles. The molecule has 0 atom stereocenters. The van der Waals surface area contributed by atoms with Crippen molar-refractivity contribution in [1.82, 2.24) is 5.32 Å². The molecule has 1 aliphatic carbocycles. The Morgan fingerprint density at radius 3 is 2.27 bits per heavy atom. The van der Waals surface area contributed by atoms with Crippen molar-refractivity contribution in [3.05, 3.63) is 12.2 Å². The van der Waals surface area contributed by atoms with E-state index in [9.17, 15) is 9.59 Å². The van der Waals surface area contributed by atoms with Crippen LogP contribution in [-0.4, -0.2) is 23.5 Å². The Morgan fingerprint density at radius 2 is 1.59 bits per heavy atom. The molecule has 0 aromatic heterocycles. The van der Waals surface area contributed by atoms with Gasteiger partial charge in [0.25, 0.3) is 0 Å². The number of carboxylic acids is 1. The zero-order valence-corrected chi connectivity index (χ0v) is 13.7. The number of allylic oxidation sites excluding steroid dienone is 1. The third-order valence-corrected chi connectivity index (χ3v) is 4.29. The summed E-state index contributed by atoms with van der Waals surface area (Å²) in [5.41, 5.74) is 0. The first-order chi connectivity index (χ1) is 10.7. The maximum atomic E-state index is 11.7. The lowest BCUT2D eigenvalue weighted by Gasteiger charge is -2.17. The van der Waals surface area contributed by atoms with Crippen molar-refractivity contribution in [1.29, 1.82) is 0 Å². The predicted molar refractivity (Wildman–Crippen MR) is 88.7 cm³/mol. The summed E-state index contributed by atoms with van der Waals surface area (Å²) in [5, 5.41) is 11.5. The first-order valence-corrected chi connectivity index (χ1v) is 8.86. The van der Waals surface area contributed by atoms with Crippen LogP contribution in [0.4, 0.5) is 0 Å². The molecule has 0 unspecified atom stereocenters. The Balaban J connectivity index is 1.90. The maximum absolute atomic E-state index is 11.7. The van der Waals surface area contributed by atoms with Crippen molar-refractivity contribution in [3.63, 3.8) is 0 Å². The Labute approximate surface area is 134 Å². The van der Waals surface area contributed by atoms with Crippen LogP contribution in [0.1, 0.15) is 77.0 Å². The predicted octanol–water partition coefficient (Wildman–Crippen LogP) is 4.05. The van der Waals surface area contributed by atoms with Crippen molar-refractivity contribution < 1.29 is 14.7 Å². The lowest BCUT2D eigenvalue weighted by Crippen LogP contribution is -2.22. The van der Waals surface area contributed by atoms with Crippen molar-refractivity contribution in [2.45, 2.75) is 77.0 Å². The van der Waals surface area contributed by atoms with Gasteiger partial charge in [-0.3, -0.25) is 9.59 Å². The number of carboxylic acid groups (broad SMARTS) is 1. The highest BCUT2D eigenvalue weighted by Crippen LogP contribution is 2.24.